The van der Waals surface area contributed by atoms with Gasteiger partial charge in [0.25, 0.3) is 5.56 Å². The maximum atomic E-state index is 13.1. The number of fused-ring (bicyclic) bond motifs is 1. The van der Waals surface area contributed by atoms with Gasteiger partial charge in [-0.1, -0.05) is 41.6 Å². The maximum Gasteiger partial charge on any atom is 0.262 e. The first-order chi connectivity index (χ1) is 14.4. The lowest BCUT2D eigenvalue weighted by molar-refractivity contribution is 0.102. The lowest BCUT2D eigenvalue weighted by Gasteiger charge is -2.14. The van der Waals surface area contributed by atoms with Crippen molar-refractivity contribution in [3.8, 4) is 0 Å². The van der Waals surface area contributed by atoms with Gasteiger partial charge in [0, 0.05) is 25.3 Å². The molecule has 0 unspecified atom stereocenters. The lowest BCUT2D eigenvalue weighted by Crippen LogP contribution is -2.24. The van der Waals surface area contributed by atoms with E-state index in [2.05, 4.69) is 0 Å². The van der Waals surface area contributed by atoms with Gasteiger partial charge in [0.2, 0.25) is 0 Å². The monoisotopic (exact) mass is 424 g/mol. The second kappa shape index (κ2) is 10.0. The molecule has 0 saturated carbocycles. The molecule has 1 heterocycles. The highest BCUT2D eigenvalue weighted by molar-refractivity contribution is 7.99. The Morgan fingerprint density at radius 3 is 2.53 bits per heavy atom. The largest absolute Gasteiger partial charge is 0.382 e. The minimum Gasteiger partial charge on any atom is -0.382 e. The number of Topliss-reactive ketones (excluding diaryl/α,β-unsaturated/α-hetero) is 1. The van der Waals surface area contributed by atoms with Crippen LogP contribution in [0.3, 0.4) is 0 Å². The van der Waals surface area contributed by atoms with Gasteiger partial charge in [-0.2, -0.15) is 0 Å². The highest BCUT2D eigenvalue weighted by Crippen LogP contribution is 2.23. The molecule has 0 aliphatic carbocycles. The van der Waals surface area contributed by atoms with E-state index in [1.54, 1.807) is 10.6 Å². The molecule has 0 bridgehead atoms. The van der Waals surface area contributed by atoms with Gasteiger partial charge in [-0.3, -0.25) is 14.2 Å². The lowest BCUT2D eigenvalue weighted by atomic mass is 9.97. The molecule has 3 rings (SSSR count). The van der Waals surface area contributed by atoms with Crippen LogP contribution >= 0.6 is 11.8 Å². The number of carbonyl (C=O) groups is 1. The summed E-state index contributed by atoms with van der Waals surface area (Å²) in [5, 5.41) is 1.17. The molecule has 0 fully saturated rings. The van der Waals surface area contributed by atoms with E-state index >= 15 is 0 Å². The molecule has 158 valence electrons. The number of aromatic nitrogens is 2. The van der Waals surface area contributed by atoms with Gasteiger partial charge in [-0.25, -0.2) is 4.98 Å². The summed E-state index contributed by atoms with van der Waals surface area (Å²) < 4.78 is 7.09. The Morgan fingerprint density at radius 1 is 1.13 bits per heavy atom. The number of ether oxygens (including phenoxy) is 1. The molecule has 6 heteroatoms. The van der Waals surface area contributed by atoms with Crippen LogP contribution < -0.4 is 5.56 Å². The van der Waals surface area contributed by atoms with Crippen LogP contribution in [-0.2, 0) is 11.3 Å². The van der Waals surface area contributed by atoms with E-state index in [9.17, 15) is 9.59 Å². The van der Waals surface area contributed by atoms with E-state index in [0.29, 0.717) is 42.2 Å². The van der Waals surface area contributed by atoms with E-state index < -0.39 is 0 Å². The first-order valence-electron chi connectivity index (χ1n) is 10.2. The molecule has 0 spiro atoms. The van der Waals surface area contributed by atoms with Crippen molar-refractivity contribution in [2.75, 3.05) is 19.0 Å². The van der Waals surface area contributed by atoms with Crippen molar-refractivity contribution in [3.63, 3.8) is 0 Å². The van der Waals surface area contributed by atoms with Crippen LogP contribution in [0.2, 0.25) is 0 Å². The van der Waals surface area contributed by atoms with Gasteiger partial charge in [-0.05, 0) is 57.4 Å². The average molecular weight is 425 g/mol. The van der Waals surface area contributed by atoms with Crippen molar-refractivity contribution in [2.45, 2.75) is 45.8 Å². The summed E-state index contributed by atoms with van der Waals surface area (Å²) in [5.41, 5.74) is 4.46. The summed E-state index contributed by atoms with van der Waals surface area (Å²) in [7, 11) is 0. The number of carbonyl (C=O) groups excluding carboxylic acids is 1. The molecule has 0 N–H and O–H groups in total. The van der Waals surface area contributed by atoms with Crippen molar-refractivity contribution in [1.82, 2.24) is 9.55 Å². The fourth-order valence-electron chi connectivity index (χ4n) is 3.75. The van der Waals surface area contributed by atoms with Crippen LogP contribution in [0.25, 0.3) is 10.9 Å². The van der Waals surface area contributed by atoms with E-state index in [1.807, 2.05) is 58.0 Å². The number of aryl methyl sites for hydroxylation is 3. The molecule has 0 aliphatic heterocycles. The SMILES string of the molecule is CCOCCCn1c(SCC(=O)c2c(C)cc(C)cc2C)nc2ccccc2c1=O. The van der Waals surface area contributed by atoms with E-state index in [4.69, 9.17) is 9.72 Å². The summed E-state index contributed by atoms with van der Waals surface area (Å²) in [5.74, 6) is 0.291. The van der Waals surface area contributed by atoms with Gasteiger partial charge in [0.15, 0.2) is 10.9 Å². The summed E-state index contributed by atoms with van der Waals surface area (Å²) >= 11 is 1.33. The Labute approximate surface area is 181 Å². The number of thioether (sulfide) groups is 1. The standard InChI is InChI=1S/C24H28N2O3S/c1-5-29-12-8-11-26-23(28)19-9-6-7-10-20(19)25-24(26)30-15-21(27)22-17(3)13-16(2)14-18(22)4/h6-7,9-10,13-14H,5,8,11-12,15H2,1-4H3. The summed E-state index contributed by atoms with van der Waals surface area (Å²) in [6, 6.07) is 11.4. The third-order valence-electron chi connectivity index (χ3n) is 4.99. The predicted octanol–water partition coefficient (Wildman–Crippen LogP) is 4.72. The predicted molar refractivity (Wildman–Crippen MR) is 123 cm³/mol. The number of para-hydroxylation sites is 1. The Bertz CT molecular complexity index is 1100. The van der Waals surface area contributed by atoms with Gasteiger partial charge >= 0.3 is 0 Å². The van der Waals surface area contributed by atoms with Gasteiger partial charge in [0.05, 0.1) is 16.7 Å². The molecule has 3 aromatic rings. The molecule has 2 aromatic carbocycles. The topological polar surface area (TPSA) is 61.2 Å². The second-order valence-corrected chi connectivity index (χ2v) is 8.35. The summed E-state index contributed by atoms with van der Waals surface area (Å²) in [6.45, 7) is 9.66. The maximum absolute atomic E-state index is 13.1. The Hall–Kier alpha value is -2.44. The third-order valence-corrected chi connectivity index (χ3v) is 5.97. The van der Waals surface area contributed by atoms with Crippen molar-refractivity contribution in [3.05, 3.63) is 69.0 Å². The fraction of sp³-hybridized carbons (Fsp3) is 0.375. The minimum absolute atomic E-state index is 0.0540. The normalized spacial score (nSPS) is 11.2. The van der Waals surface area contributed by atoms with Crippen LogP contribution in [0.1, 0.15) is 40.4 Å². The van der Waals surface area contributed by atoms with Crippen molar-refractivity contribution >= 4 is 28.4 Å². The molecule has 0 aliphatic rings. The molecule has 1 aromatic heterocycles. The van der Waals surface area contributed by atoms with Crippen LogP contribution in [0.5, 0.6) is 0 Å². The van der Waals surface area contributed by atoms with Gasteiger partial charge in [-0.15, -0.1) is 0 Å². The zero-order valence-electron chi connectivity index (χ0n) is 18.0. The van der Waals surface area contributed by atoms with E-state index in [1.165, 1.54) is 11.8 Å². The summed E-state index contributed by atoms with van der Waals surface area (Å²) in [4.78, 5) is 30.7. The fourth-order valence-corrected chi connectivity index (χ4v) is 4.64. The molecular formula is C24H28N2O3S. The Balaban J connectivity index is 1.89. The first kappa shape index (κ1) is 22.2. The van der Waals surface area contributed by atoms with E-state index in [-0.39, 0.29) is 17.1 Å². The number of nitrogens with zero attached hydrogens (tertiary/aromatic N) is 2. The molecule has 0 radical (unpaired) electrons. The Morgan fingerprint density at radius 2 is 1.83 bits per heavy atom. The van der Waals surface area contributed by atoms with Crippen LogP contribution in [0, 0.1) is 20.8 Å². The van der Waals surface area contributed by atoms with Gasteiger partial charge in [0.1, 0.15) is 0 Å². The number of ketones is 1. The molecule has 0 atom stereocenters. The van der Waals surface area contributed by atoms with Crippen molar-refractivity contribution < 1.29 is 9.53 Å². The summed E-state index contributed by atoms with van der Waals surface area (Å²) in [6.07, 6.45) is 0.714. The quantitative estimate of drug-likeness (QED) is 0.215. The number of hydrogen-bond donors (Lipinski definition) is 0. The second-order valence-electron chi connectivity index (χ2n) is 7.40. The number of rotatable bonds is 9. The molecule has 0 amide bonds. The smallest absolute Gasteiger partial charge is 0.262 e. The van der Waals surface area contributed by atoms with Crippen LogP contribution in [-0.4, -0.2) is 34.3 Å². The zero-order chi connectivity index (χ0) is 21.7. The minimum atomic E-state index is -0.0743. The van der Waals surface area contributed by atoms with Crippen LogP contribution in [0.15, 0.2) is 46.3 Å². The average Bonchev–Trinajstić information content (AvgIpc) is 2.70. The number of benzene rings is 2. The van der Waals surface area contributed by atoms with Gasteiger partial charge < -0.3 is 4.74 Å². The highest BCUT2D eigenvalue weighted by Gasteiger charge is 2.17. The highest BCUT2D eigenvalue weighted by atomic mass is 32.2. The molecule has 0 saturated heterocycles. The zero-order valence-corrected chi connectivity index (χ0v) is 18.8. The molecule has 5 nitrogen and oxygen atoms in total. The van der Waals surface area contributed by atoms with Crippen molar-refractivity contribution in [1.29, 1.82) is 0 Å². The first-order valence-corrected chi connectivity index (χ1v) is 11.2. The molecule has 30 heavy (non-hydrogen) atoms. The van der Waals surface area contributed by atoms with Crippen LogP contribution in [0.4, 0.5) is 0 Å². The molecular weight excluding hydrogens is 396 g/mol. The Kier molecular flexibility index (Phi) is 7.45. The third kappa shape index (κ3) is 4.99. The van der Waals surface area contributed by atoms with E-state index in [0.717, 1.165) is 22.3 Å². The van der Waals surface area contributed by atoms with Crippen molar-refractivity contribution in [2.24, 2.45) is 0 Å². The number of hydrogen-bond acceptors (Lipinski definition) is 5.